The number of nitrogens with zero attached hydrogens (tertiary/aromatic N) is 3. The molecule has 0 radical (unpaired) electrons. The Balaban J connectivity index is 2.02. The van der Waals surface area contributed by atoms with E-state index in [1.165, 1.54) is 18.2 Å². The molecule has 2 aromatic rings. The molecule has 2 N–H and O–H groups in total. The number of thioether (sulfide) groups is 1. The first-order chi connectivity index (χ1) is 16.0. The van der Waals surface area contributed by atoms with Crippen molar-refractivity contribution in [3.63, 3.8) is 0 Å². The quantitative estimate of drug-likeness (QED) is 0.290. The van der Waals surface area contributed by atoms with E-state index in [0.717, 1.165) is 14.6 Å². The maximum Gasteiger partial charge on any atom is 0.271 e. The first-order valence-electron chi connectivity index (χ1n) is 10.5. The summed E-state index contributed by atoms with van der Waals surface area (Å²) in [6.07, 6.45) is 2.86. The van der Waals surface area contributed by atoms with Crippen molar-refractivity contribution in [2.75, 3.05) is 11.2 Å². The number of allylic oxidation sites excluding steroid dienone is 3. The van der Waals surface area contributed by atoms with Gasteiger partial charge in [-0.05, 0) is 42.7 Å². The number of thiophene rings is 1. The Kier molecular flexibility index (Phi) is 6.27. The Morgan fingerprint density at radius 2 is 2.06 bits per heavy atom. The largest absolute Gasteiger partial charge is 0.384 e. The molecular weight excluding hydrogens is 492 g/mol. The third-order valence-corrected chi connectivity index (χ3v) is 8.63. The predicted molar refractivity (Wildman–Crippen MR) is 136 cm³/mol. The molecule has 0 amide bonds. The fraction of sp³-hybridized carbons (Fsp3) is 0.333. The van der Waals surface area contributed by atoms with Crippen LogP contribution in [0.5, 0.6) is 0 Å². The molecule has 2 aliphatic rings. The Morgan fingerprint density at radius 1 is 1.35 bits per heavy atom. The summed E-state index contributed by atoms with van der Waals surface area (Å²) in [6, 6.07) is 8.40. The number of carbonyl (C=O) groups is 1. The molecule has 0 saturated carbocycles. The van der Waals surface area contributed by atoms with Gasteiger partial charge in [0.05, 0.1) is 37.4 Å². The Morgan fingerprint density at radius 3 is 2.65 bits per heavy atom. The van der Waals surface area contributed by atoms with Crippen LogP contribution in [-0.4, -0.2) is 17.0 Å². The summed E-state index contributed by atoms with van der Waals surface area (Å²) in [7, 11) is 0. The van der Waals surface area contributed by atoms with Crippen LogP contribution < -0.4 is 10.6 Å². The standard InChI is InChI=1S/C24H23ClN4O3S2/c1-12-7-14(23(33-4)34-12)20-15(11-26)22(27)28(17-6-5-13(29(31)32)8-16(17)25)18-9-24(2,3)10-19(30)21(18)20/h5-8,20H,9-10,27H2,1-4H3. The van der Waals surface area contributed by atoms with Crippen molar-refractivity contribution in [1.82, 2.24) is 0 Å². The van der Waals surface area contributed by atoms with Crippen LogP contribution in [0.15, 0.2) is 51.1 Å². The number of anilines is 1. The van der Waals surface area contributed by atoms with Crippen LogP contribution in [-0.2, 0) is 4.79 Å². The average Bonchev–Trinajstić information content (AvgIpc) is 3.13. The van der Waals surface area contributed by atoms with E-state index in [4.69, 9.17) is 17.3 Å². The molecule has 0 saturated heterocycles. The van der Waals surface area contributed by atoms with E-state index in [-0.39, 0.29) is 33.3 Å². The Labute approximate surface area is 211 Å². The smallest absolute Gasteiger partial charge is 0.271 e. The number of aryl methyl sites for hydroxylation is 1. The number of nitriles is 1. The van der Waals surface area contributed by atoms with Gasteiger partial charge in [-0.15, -0.1) is 23.1 Å². The topological polar surface area (TPSA) is 113 Å². The minimum absolute atomic E-state index is 0.0320. The zero-order chi connectivity index (χ0) is 24.9. The van der Waals surface area contributed by atoms with Gasteiger partial charge in [0.25, 0.3) is 5.69 Å². The highest BCUT2D eigenvalue weighted by Gasteiger charge is 2.45. The van der Waals surface area contributed by atoms with Crippen molar-refractivity contribution in [2.24, 2.45) is 11.1 Å². The van der Waals surface area contributed by atoms with Crippen LogP contribution in [0.4, 0.5) is 11.4 Å². The number of hydrogen-bond acceptors (Lipinski definition) is 8. The van der Waals surface area contributed by atoms with Crippen molar-refractivity contribution in [3.05, 3.63) is 72.5 Å². The van der Waals surface area contributed by atoms with Crippen LogP contribution >= 0.6 is 34.7 Å². The van der Waals surface area contributed by atoms with E-state index < -0.39 is 10.8 Å². The molecule has 176 valence electrons. The molecule has 0 fully saturated rings. The molecule has 7 nitrogen and oxygen atoms in total. The zero-order valence-electron chi connectivity index (χ0n) is 19.1. The van der Waals surface area contributed by atoms with E-state index in [2.05, 4.69) is 6.07 Å². The highest BCUT2D eigenvalue weighted by Crippen LogP contribution is 2.53. The van der Waals surface area contributed by atoms with Gasteiger partial charge in [-0.1, -0.05) is 25.4 Å². The highest BCUT2D eigenvalue weighted by molar-refractivity contribution is 8.00. The fourth-order valence-electron chi connectivity index (χ4n) is 4.76. The minimum Gasteiger partial charge on any atom is -0.384 e. The average molecular weight is 515 g/mol. The monoisotopic (exact) mass is 514 g/mol. The molecule has 1 aromatic carbocycles. The van der Waals surface area contributed by atoms with E-state index in [0.29, 0.717) is 29.8 Å². The van der Waals surface area contributed by atoms with Gasteiger partial charge < -0.3 is 5.73 Å². The second kappa shape index (κ2) is 8.77. The number of halogens is 1. The lowest BCUT2D eigenvalue weighted by Crippen LogP contribution is -2.42. The van der Waals surface area contributed by atoms with Gasteiger partial charge >= 0.3 is 0 Å². The van der Waals surface area contributed by atoms with Gasteiger partial charge in [-0.25, -0.2) is 0 Å². The molecular formula is C24H23ClN4O3S2. The van der Waals surface area contributed by atoms with Crippen LogP contribution in [0.3, 0.4) is 0 Å². The van der Waals surface area contributed by atoms with Crippen LogP contribution in [0.25, 0.3) is 0 Å². The Hall–Kier alpha value is -2.80. The van der Waals surface area contributed by atoms with Crippen molar-refractivity contribution in [2.45, 2.75) is 43.7 Å². The molecule has 1 atom stereocenters. The lowest BCUT2D eigenvalue weighted by atomic mass is 9.69. The van der Waals surface area contributed by atoms with Gasteiger partial charge in [0.15, 0.2) is 5.78 Å². The zero-order valence-corrected chi connectivity index (χ0v) is 21.5. The van der Waals surface area contributed by atoms with Gasteiger partial charge in [-0.2, -0.15) is 5.26 Å². The maximum atomic E-state index is 13.6. The third kappa shape index (κ3) is 4.00. The fourth-order valence-corrected chi connectivity index (χ4v) is 6.93. The Bertz CT molecular complexity index is 1340. The van der Waals surface area contributed by atoms with Crippen LogP contribution in [0.1, 0.15) is 43.0 Å². The number of rotatable bonds is 4. The predicted octanol–water partition coefficient (Wildman–Crippen LogP) is 6.28. The molecule has 2 heterocycles. The lowest BCUT2D eigenvalue weighted by molar-refractivity contribution is -0.384. The summed E-state index contributed by atoms with van der Waals surface area (Å²) >= 11 is 9.69. The SMILES string of the molecule is CSc1sc(C)cc1C1C(C#N)=C(N)N(c2ccc([N+](=O)[O-])cc2Cl)C2=C1C(=O)CC(C)(C)C2. The summed E-state index contributed by atoms with van der Waals surface area (Å²) in [5, 5.41) is 21.6. The third-order valence-electron chi connectivity index (χ3n) is 6.11. The number of ketones is 1. The lowest BCUT2D eigenvalue weighted by Gasteiger charge is -2.44. The minimum atomic E-state index is -0.566. The van der Waals surface area contributed by atoms with Gasteiger partial charge in [-0.3, -0.25) is 19.8 Å². The maximum absolute atomic E-state index is 13.6. The molecule has 1 aliphatic heterocycles. The first-order valence-corrected chi connectivity index (χ1v) is 13.0. The summed E-state index contributed by atoms with van der Waals surface area (Å²) in [4.78, 5) is 27.1. The van der Waals surface area contributed by atoms with Gasteiger partial charge in [0.1, 0.15) is 5.82 Å². The molecule has 1 aromatic heterocycles. The van der Waals surface area contributed by atoms with Crippen molar-refractivity contribution < 1.29 is 9.72 Å². The molecule has 0 bridgehead atoms. The van der Waals surface area contributed by atoms with E-state index in [1.54, 1.807) is 28.0 Å². The molecule has 10 heteroatoms. The summed E-state index contributed by atoms with van der Waals surface area (Å²) < 4.78 is 1.04. The number of nitrogens with two attached hydrogens (primary N) is 1. The van der Waals surface area contributed by atoms with Crippen molar-refractivity contribution >= 4 is 51.9 Å². The van der Waals surface area contributed by atoms with Crippen molar-refractivity contribution in [1.29, 1.82) is 5.26 Å². The normalized spacial score (nSPS) is 19.8. The van der Waals surface area contributed by atoms with Gasteiger partial charge in [0.2, 0.25) is 0 Å². The second-order valence-corrected chi connectivity index (χ2v) is 11.9. The molecule has 4 rings (SSSR count). The molecule has 1 aliphatic carbocycles. The van der Waals surface area contributed by atoms with E-state index in [9.17, 15) is 20.2 Å². The van der Waals surface area contributed by atoms with E-state index in [1.807, 2.05) is 33.1 Å². The highest BCUT2D eigenvalue weighted by atomic mass is 35.5. The molecule has 0 spiro atoms. The summed E-state index contributed by atoms with van der Waals surface area (Å²) in [5.41, 5.74) is 8.98. The second-order valence-electron chi connectivity index (χ2n) is 9.18. The first kappa shape index (κ1) is 24.3. The summed E-state index contributed by atoms with van der Waals surface area (Å²) in [6.45, 7) is 6.03. The number of non-ortho nitro benzene ring substituents is 1. The number of benzene rings is 1. The van der Waals surface area contributed by atoms with Crippen LogP contribution in [0, 0.1) is 33.8 Å². The number of nitro groups is 1. The van der Waals surface area contributed by atoms with Crippen LogP contribution in [0.2, 0.25) is 5.02 Å². The van der Waals surface area contributed by atoms with Gasteiger partial charge in [0, 0.05) is 34.7 Å². The summed E-state index contributed by atoms with van der Waals surface area (Å²) in [5.74, 6) is -0.414. The number of hydrogen-bond donors (Lipinski definition) is 1. The molecule has 34 heavy (non-hydrogen) atoms. The number of nitro benzene ring substituents is 1. The van der Waals surface area contributed by atoms with E-state index >= 15 is 0 Å². The number of Topliss-reactive ketones (excluding diaryl/α,β-unsaturated/α-hetero) is 1. The molecule has 1 unspecified atom stereocenters. The number of carbonyl (C=O) groups excluding carboxylic acids is 1. The van der Waals surface area contributed by atoms with Crippen molar-refractivity contribution in [3.8, 4) is 6.07 Å².